The number of cyclic esters (lactones) is 1. The van der Waals surface area contributed by atoms with Crippen LogP contribution in [0.3, 0.4) is 0 Å². The summed E-state index contributed by atoms with van der Waals surface area (Å²) in [4.78, 5) is 12.9. The molecule has 0 aromatic carbocycles. The average Bonchev–Trinajstić information content (AvgIpc) is 2.72. The Morgan fingerprint density at radius 2 is 2.57 bits per heavy atom. The number of aromatic nitrogens is 2. The third-order valence-corrected chi connectivity index (χ3v) is 2.21. The van der Waals surface area contributed by atoms with E-state index in [-0.39, 0.29) is 12.2 Å². The molecule has 1 aliphatic heterocycles. The molecule has 2 N–H and O–H groups in total. The van der Waals surface area contributed by atoms with E-state index in [9.17, 15) is 4.79 Å². The molecule has 14 heavy (non-hydrogen) atoms. The number of rotatable bonds is 2. The van der Waals surface area contributed by atoms with Crippen LogP contribution in [-0.2, 0) is 11.8 Å². The van der Waals surface area contributed by atoms with Crippen molar-refractivity contribution in [2.45, 2.75) is 6.10 Å². The molecule has 0 bridgehead atoms. The number of aryl methyl sites for hydroxylation is 1. The monoisotopic (exact) mass is 196 g/mol. The highest BCUT2D eigenvalue weighted by molar-refractivity contribution is 5.88. The molecular weight excluding hydrogens is 184 g/mol. The van der Waals surface area contributed by atoms with E-state index in [0.29, 0.717) is 13.1 Å². The topological polar surface area (TPSA) is 73.4 Å². The second kappa shape index (κ2) is 3.30. The van der Waals surface area contributed by atoms with Crippen LogP contribution in [0.2, 0.25) is 0 Å². The van der Waals surface area contributed by atoms with Gasteiger partial charge in [-0.15, -0.1) is 0 Å². The highest BCUT2D eigenvalue weighted by Crippen LogP contribution is 2.19. The molecule has 6 nitrogen and oxygen atoms in total. The van der Waals surface area contributed by atoms with Crippen molar-refractivity contribution < 1.29 is 9.53 Å². The van der Waals surface area contributed by atoms with Crippen LogP contribution in [0.25, 0.3) is 0 Å². The van der Waals surface area contributed by atoms with E-state index in [2.05, 4.69) is 5.10 Å². The summed E-state index contributed by atoms with van der Waals surface area (Å²) in [5.74, 6) is 0.728. The first kappa shape index (κ1) is 9.01. The quantitative estimate of drug-likeness (QED) is 0.705. The van der Waals surface area contributed by atoms with Gasteiger partial charge in [0, 0.05) is 19.7 Å². The highest BCUT2D eigenvalue weighted by atomic mass is 16.6. The van der Waals surface area contributed by atoms with Gasteiger partial charge in [-0.05, 0) is 0 Å². The summed E-state index contributed by atoms with van der Waals surface area (Å²) < 4.78 is 6.65. The SMILES string of the molecule is Cn1nccc1N1CC(CN)OC1=O. The standard InChI is InChI=1S/C8H12N4O2/c1-11-7(2-3-10-11)12-5-6(4-9)14-8(12)13/h2-3,6H,4-5,9H2,1H3. The minimum absolute atomic E-state index is 0.211. The van der Waals surface area contributed by atoms with Crippen molar-refractivity contribution in [3.8, 4) is 0 Å². The average molecular weight is 196 g/mol. The van der Waals surface area contributed by atoms with Crippen LogP contribution in [0.15, 0.2) is 12.3 Å². The summed E-state index contributed by atoms with van der Waals surface area (Å²) in [6.07, 6.45) is 1.07. The van der Waals surface area contributed by atoms with Crippen LogP contribution in [0, 0.1) is 0 Å². The molecule has 0 saturated carbocycles. The third kappa shape index (κ3) is 1.33. The zero-order chi connectivity index (χ0) is 10.1. The number of anilines is 1. The summed E-state index contributed by atoms with van der Waals surface area (Å²) in [5.41, 5.74) is 5.42. The maximum atomic E-state index is 11.4. The minimum atomic E-state index is -0.357. The Labute approximate surface area is 81.2 Å². The van der Waals surface area contributed by atoms with Gasteiger partial charge in [0.05, 0.1) is 12.7 Å². The van der Waals surface area contributed by atoms with Crippen LogP contribution in [0.1, 0.15) is 0 Å². The largest absolute Gasteiger partial charge is 0.443 e. The van der Waals surface area contributed by atoms with E-state index in [1.54, 1.807) is 24.0 Å². The smallest absolute Gasteiger partial charge is 0.415 e. The molecule has 1 fully saturated rings. The number of hydrogen-bond donors (Lipinski definition) is 1. The predicted molar refractivity (Wildman–Crippen MR) is 49.9 cm³/mol. The number of hydrogen-bond acceptors (Lipinski definition) is 4. The van der Waals surface area contributed by atoms with Crippen LogP contribution < -0.4 is 10.6 Å². The molecule has 1 atom stereocenters. The Morgan fingerprint density at radius 3 is 3.07 bits per heavy atom. The molecule has 76 valence electrons. The maximum Gasteiger partial charge on any atom is 0.415 e. The molecule has 1 unspecified atom stereocenters. The van der Waals surface area contributed by atoms with Crippen LogP contribution in [0.5, 0.6) is 0 Å². The van der Waals surface area contributed by atoms with Crippen molar-refractivity contribution in [2.24, 2.45) is 12.8 Å². The number of ether oxygens (including phenoxy) is 1. The number of nitrogens with zero attached hydrogens (tertiary/aromatic N) is 3. The molecule has 1 saturated heterocycles. The minimum Gasteiger partial charge on any atom is -0.443 e. The second-order valence-electron chi connectivity index (χ2n) is 3.17. The van der Waals surface area contributed by atoms with Gasteiger partial charge in [0.1, 0.15) is 11.9 Å². The Hall–Kier alpha value is -1.56. The van der Waals surface area contributed by atoms with E-state index >= 15 is 0 Å². The maximum absolute atomic E-state index is 11.4. The van der Waals surface area contributed by atoms with E-state index in [1.807, 2.05) is 0 Å². The van der Waals surface area contributed by atoms with Crippen molar-refractivity contribution in [1.29, 1.82) is 0 Å². The van der Waals surface area contributed by atoms with Gasteiger partial charge in [-0.25, -0.2) is 4.79 Å². The van der Waals surface area contributed by atoms with Gasteiger partial charge >= 0.3 is 6.09 Å². The van der Waals surface area contributed by atoms with Gasteiger partial charge in [0.25, 0.3) is 0 Å². The Bertz CT molecular complexity index is 349. The molecule has 2 rings (SSSR count). The number of nitrogens with two attached hydrogens (primary N) is 1. The summed E-state index contributed by atoms with van der Waals surface area (Å²) in [6.45, 7) is 0.842. The second-order valence-corrected chi connectivity index (χ2v) is 3.17. The van der Waals surface area contributed by atoms with Crippen molar-refractivity contribution >= 4 is 11.9 Å². The lowest BCUT2D eigenvalue weighted by molar-refractivity contribution is 0.145. The lowest BCUT2D eigenvalue weighted by Crippen LogP contribution is -2.28. The first-order valence-corrected chi connectivity index (χ1v) is 4.38. The predicted octanol–water partition coefficient (Wildman–Crippen LogP) is -0.296. The van der Waals surface area contributed by atoms with Crippen molar-refractivity contribution in [2.75, 3.05) is 18.0 Å². The molecular formula is C8H12N4O2. The zero-order valence-corrected chi connectivity index (χ0v) is 7.88. The summed E-state index contributed by atoms with van der Waals surface area (Å²) in [5, 5.41) is 3.98. The van der Waals surface area contributed by atoms with E-state index < -0.39 is 0 Å². The van der Waals surface area contributed by atoms with Crippen LogP contribution in [0.4, 0.5) is 10.6 Å². The summed E-state index contributed by atoms with van der Waals surface area (Å²) in [7, 11) is 1.78. The molecule has 0 radical (unpaired) electrons. The van der Waals surface area contributed by atoms with E-state index in [1.165, 1.54) is 4.90 Å². The number of amides is 1. The summed E-state index contributed by atoms with van der Waals surface area (Å²) >= 11 is 0. The molecule has 0 spiro atoms. The first-order valence-electron chi connectivity index (χ1n) is 4.38. The van der Waals surface area contributed by atoms with Crippen LogP contribution in [-0.4, -0.2) is 35.1 Å². The molecule has 1 amide bonds. The van der Waals surface area contributed by atoms with Crippen LogP contribution >= 0.6 is 0 Å². The molecule has 0 aliphatic carbocycles. The lowest BCUT2D eigenvalue weighted by Gasteiger charge is -2.11. The van der Waals surface area contributed by atoms with E-state index in [4.69, 9.17) is 10.5 Å². The van der Waals surface area contributed by atoms with Gasteiger partial charge in [0.2, 0.25) is 0 Å². The van der Waals surface area contributed by atoms with Gasteiger partial charge in [-0.1, -0.05) is 0 Å². The Kier molecular flexibility index (Phi) is 2.12. The van der Waals surface area contributed by atoms with Gasteiger partial charge in [-0.2, -0.15) is 5.10 Å². The van der Waals surface area contributed by atoms with Gasteiger partial charge < -0.3 is 10.5 Å². The highest BCUT2D eigenvalue weighted by Gasteiger charge is 2.32. The Morgan fingerprint density at radius 1 is 1.79 bits per heavy atom. The zero-order valence-electron chi connectivity index (χ0n) is 7.88. The Balaban J connectivity index is 2.20. The third-order valence-electron chi connectivity index (χ3n) is 2.21. The fourth-order valence-electron chi connectivity index (χ4n) is 1.46. The van der Waals surface area contributed by atoms with Crippen molar-refractivity contribution in [1.82, 2.24) is 9.78 Å². The lowest BCUT2D eigenvalue weighted by atomic mass is 10.3. The van der Waals surface area contributed by atoms with Crippen molar-refractivity contribution in [3.05, 3.63) is 12.3 Å². The van der Waals surface area contributed by atoms with Gasteiger partial charge in [-0.3, -0.25) is 9.58 Å². The van der Waals surface area contributed by atoms with E-state index in [0.717, 1.165) is 5.82 Å². The van der Waals surface area contributed by atoms with Crippen molar-refractivity contribution in [3.63, 3.8) is 0 Å². The first-order chi connectivity index (χ1) is 6.72. The molecule has 2 heterocycles. The molecule has 6 heteroatoms. The molecule has 1 aromatic heterocycles. The van der Waals surface area contributed by atoms with Gasteiger partial charge in [0.15, 0.2) is 0 Å². The molecule has 1 aliphatic rings. The molecule has 1 aromatic rings. The number of carbonyl (C=O) groups excluding carboxylic acids is 1. The summed E-state index contributed by atoms with van der Waals surface area (Å²) in [6, 6.07) is 1.76. The normalized spacial score (nSPS) is 21.4. The fourth-order valence-corrected chi connectivity index (χ4v) is 1.46. The fraction of sp³-hybridized carbons (Fsp3) is 0.500. The number of carbonyl (C=O) groups is 1.